The molecule has 0 aliphatic carbocycles. The third kappa shape index (κ3) is 3.35. The van der Waals surface area contributed by atoms with Gasteiger partial charge < -0.3 is 10.1 Å². The minimum absolute atomic E-state index is 0.159. The zero-order valence-corrected chi connectivity index (χ0v) is 12.9. The standard InChI is InChI=1S/C15H16BrFN2O/c1-3-20-12-6-10(8-19-9-12)15(18-2)13-7-11(17)4-5-14(13)16/h4-9,15,18H,3H2,1-2H3. The van der Waals surface area contributed by atoms with Crippen molar-refractivity contribution in [1.82, 2.24) is 10.3 Å². The Morgan fingerprint density at radius 2 is 2.15 bits per heavy atom. The van der Waals surface area contributed by atoms with Crippen LogP contribution in [0, 0.1) is 5.82 Å². The Balaban J connectivity index is 2.41. The molecule has 0 aliphatic rings. The number of nitrogens with one attached hydrogen (secondary N) is 1. The third-order valence-electron chi connectivity index (χ3n) is 2.94. The smallest absolute Gasteiger partial charge is 0.137 e. The lowest BCUT2D eigenvalue weighted by Gasteiger charge is -2.19. The van der Waals surface area contributed by atoms with Gasteiger partial charge in [-0.2, -0.15) is 0 Å². The highest BCUT2D eigenvalue weighted by Crippen LogP contribution is 2.30. The first kappa shape index (κ1) is 14.9. The van der Waals surface area contributed by atoms with E-state index in [2.05, 4.69) is 26.2 Å². The van der Waals surface area contributed by atoms with Crippen LogP contribution in [0.3, 0.4) is 0 Å². The third-order valence-corrected chi connectivity index (χ3v) is 3.66. The van der Waals surface area contributed by atoms with Gasteiger partial charge in [0.1, 0.15) is 11.6 Å². The summed E-state index contributed by atoms with van der Waals surface area (Å²) in [6, 6.07) is 6.39. The summed E-state index contributed by atoms with van der Waals surface area (Å²) in [5, 5.41) is 3.18. The van der Waals surface area contributed by atoms with Crippen molar-refractivity contribution in [2.24, 2.45) is 0 Å². The highest BCUT2D eigenvalue weighted by atomic mass is 79.9. The number of rotatable bonds is 5. The molecule has 1 atom stereocenters. The minimum atomic E-state index is -0.266. The number of ether oxygens (including phenoxy) is 1. The molecular weight excluding hydrogens is 323 g/mol. The average Bonchev–Trinajstić information content (AvgIpc) is 2.44. The molecule has 0 saturated carbocycles. The van der Waals surface area contributed by atoms with Gasteiger partial charge in [0.2, 0.25) is 0 Å². The molecule has 1 aromatic heterocycles. The first-order chi connectivity index (χ1) is 9.65. The van der Waals surface area contributed by atoms with Gasteiger partial charge in [-0.05, 0) is 49.4 Å². The molecule has 0 amide bonds. The average molecular weight is 339 g/mol. The number of halogens is 2. The van der Waals surface area contributed by atoms with Crippen LogP contribution < -0.4 is 10.1 Å². The van der Waals surface area contributed by atoms with E-state index in [-0.39, 0.29) is 11.9 Å². The molecule has 106 valence electrons. The molecule has 20 heavy (non-hydrogen) atoms. The molecule has 0 fully saturated rings. The van der Waals surface area contributed by atoms with Gasteiger partial charge in [-0.3, -0.25) is 4.98 Å². The molecule has 0 bridgehead atoms. The van der Waals surface area contributed by atoms with Crippen molar-refractivity contribution in [2.45, 2.75) is 13.0 Å². The van der Waals surface area contributed by atoms with Crippen LogP contribution in [0.4, 0.5) is 4.39 Å². The summed E-state index contributed by atoms with van der Waals surface area (Å²) in [5.41, 5.74) is 1.74. The van der Waals surface area contributed by atoms with E-state index in [4.69, 9.17) is 4.74 Å². The number of benzene rings is 1. The monoisotopic (exact) mass is 338 g/mol. The molecule has 3 nitrogen and oxygen atoms in total. The Morgan fingerprint density at radius 3 is 2.85 bits per heavy atom. The van der Waals surface area contributed by atoms with E-state index in [9.17, 15) is 4.39 Å². The van der Waals surface area contributed by atoms with Gasteiger partial charge in [-0.1, -0.05) is 15.9 Å². The maximum absolute atomic E-state index is 13.5. The molecule has 5 heteroatoms. The van der Waals surface area contributed by atoms with Crippen molar-refractivity contribution < 1.29 is 9.13 Å². The zero-order chi connectivity index (χ0) is 14.5. The van der Waals surface area contributed by atoms with Crippen LogP contribution in [0.25, 0.3) is 0 Å². The lowest BCUT2D eigenvalue weighted by atomic mass is 10.00. The summed E-state index contributed by atoms with van der Waals surface area (Å²) in [4.78, 5) is 4.18. The Hall–Kier alpha value is -1.46. The number of hydrogen-bond donors (Lipinski definition) is 1. The molecule has 0 saturated heterocycles. The minimum Gasteiger partial charge on any atom is -0.492 e. The fraction of sp³-hybridized carbons (Fsp3) is 0.267. The topological polar surface area (TPSA) is 34.1 Å². The molecule has 1 heterocycles. The molecular formula is C15H16BrFN2O. The van der Waals surface area contributed by atoms with Crippen molar-refractivity contribution in [3.05, 3.63) is 58.1 Å². The molecule has 1 unspecified atom stereocenters. The van der Waals surface area contributed by atoms with Crippen molar-refractivity contribution in [3.63, 3.8) is 0 Å². The quantitative estimate of drug-likeness (QED) is 0.902. The van der Waals surface area contributed by atoms with E-state index in [0.717, 1.165) is 15.6 Å². The van der Waals surface area contributed by atoms with Crippen LogP contribution in [0.15, 0.2) is 41.1 Å². The van der Waals surface area contributed by atoms with Crippen molar-refractivity contribution in [1.29, 1.82) is 0 Å². The molecule has 1 aromatic carbocycles. The van der Waals surface area contributed by atoms with Gasteiger partial charge in [0.25, 0.3) is 0 Å². The molecule has 2 aromatic rings. The predicted octanol–water partition coefficient (Wildman–Crippen LogP) is 3.69. The van der Waals surface area contributed by atoms with Gasteiger partial charge in [0, 0.05) is 10.7 Å². The van der Waals surface area contributed by atoms with Crippen molar-refractivity contribution in [3.8, 4) is 5.75 Å². The number of hydrogen-bond acceptors (Lipinski definition) is 3. The van der Waals surface area contributed by atoms with Crippen LogP contribution in [0.2, 0.25) is 0 Å². The second-order valence-corrected chi connectivity index (χ2v) is 5.13. The van der Waals surface area contributed by atoms with Crippen molar-refractivity contribution in [2.75, 3.05) is 13.7 Å². The Kier molecular flexibility index (Phi) is 5.09. The number of aromatic nitrogens is 1. The van der Waals surface area contributed by atoms with E-state index >= 15 is 0 Å². The van der Waals surface area contributed by atoms with Gasteiger partial charge in [-0.15, -0.1) is 0 Å². The lowest BCUT2D eigenvalue weighted by molar-refractivity contribution is 0.338. The molecule has 0 aliphatic heterocycles. The fourth-order valence-electron chi connectivity index (χ4n) is 2.08. The van der Waals surface area contributed by atoms with Crippen LogP contribution in [-0.2, 0) is 0 Å². The van der Waals surface area contributed by atoms with E-state index in [1.807, 2.05) is 20.0 Å². The summed E-state index contributed by atoms with van der Waals surface area (Å²) in [7, 11) is 1.83. The fourth-order valence-corrected chi connectivity index (χ4v) is 2.55. The maximum atomic E-state index is 13.5. The number of nitrogens with zero attached hydrogens (tertiary/aromatic N) is 1. The molecule has 0 spiro atoms. The molecule has 2 rings (SSSR count). The van der Waals surface area contributed by atoms with Crippen LogP contribution >= 0.6 is 15.9 Å². The summed E-state index contributed by atoms with van der Waals surface area (Å²) < 4.78 is 19.8. The van der Waals surface area contributed by atoms with Crippen LogP contribution in [0.1, 0.15) is 24.1 Å². The SMILES string of the molecule is CCOc1cncc(C(NC)c2cc(F)ccc2Br)c1. The number of pyridine rings is 1. The van der Waals surface area contributed by atoms with Crippen LogP contribution in [0.5, 0.6) is 5.75 Å². The van der Waals surface area contributed by atoms with Gasteiger partial charge in [0.05, 0.1) is 18.8 Å². The Morgan fingerprint density at radius 1 is 1.35 bits per heavy atom. The van der Waals surface area contributed by atoms with Gasteiger partial charge >= 0.3 is 0 Å². The Bertz CT molecular complexity index is 592. The normalized spacial score (nSPS) is 12.2. The van der Waals surface area contributed by atoms with Crippen LogP contribution in [-0.4, -0.2) is 18.6 Å². The second-order valence-electron chi connectivity index (χ2n) is 4.27. The molecule has 1 N–H and O–H groups in total. The zero-order valence-electron chi connectivity index (χ0n) is 11.4. The lowest BCUT2D eigenvalue weighted by Crippen LogP contribution is -2.18. The summed E-state index contributed by atoms with van der Waals surface area (Å²) in [5.74, 6) is 0.440. The first-order valence-electron chi connectivity index (χ1n) is 6.35. The predicted molar refractivity (Wildman–Crippen MR) is 80.4 cm³/mol. The maximum Gasteiger partial charge on any atom is 0.137 e. The molecule has 0 radical (unpaired) electrons. The summed E-state index contributed by atoms with van der Waals surface area (Å²) in [6.07, 6.45) is 3.42. The Labute approximate surface area is 126 Å². The van der Waals surface area contributed by atoms with E-state index in [1.54, 1.807) is 18.5 Å². The summed E-state index contributed by atoms with van der Waals surface area (Å²) >= 11 is 3.46. The highest BCUT2D eigenvalue weighted by Gasteiger charge is 2.16. The first-order valence-corrected chi connectivity index (χ1v) is 7.15. The van der Waals surface area contributed by atoms with Gasteiger partial charge in [0.15, 0.2) is 0 Å². The summed E-state index contributed by atoms with van der Waals surface area (Å²) in [6.45, 7) is 2.50. The highest BCUT2D eigenvalue weighted by molar-refractivity contribution is 9.10. The largest absolute Gasteiger partial charge is 0.492 e. The van der Waals surface area contributed by atoms with Gasteiger partial charge in [-0.25, -0.2) is 4.39 Å². The second kappa shape index (κ2) is 6.81. The van der Waals surface area contributed by atoms with E-state index < -0.39 is 0 Å². The van der Waals surface area contributed by atoms with E-state index in [0.29, 0.717) is 12.4 Å². The van der Waals surface area contributed by atoms with Crippen molar-refractivity contribution >= 4 is 15.9 Å². The van der Waals surface area contributed by atoms with E-state index in [1.165, 1.54) is 12.1 Å².